The van der Waals surface area contributed by atoms with Crippen molar-refractivity contribution in [3.8, 4) is 0 Å². The van der Waals surface area contributed by atoms with Crippen molar-refractivity contribution >= 4 is 0 Å². The zero-order valence-electron chi connectivity index (χ0n) is 17.4. The second-order valence-corrected chi connectivity index (χ2v) is 8.11. The van der Waals surface area contributed by atoms with Crippen molar-refractivity contribution in [1.82, 2.24) is 0 Å². The number of hydrogen-bond acceptors (Lipinski definition) is 1. The van der Waals surface area contributed by atoms with E-state index in [2.05, 4.69) is 0 Å². The van der Waals surface area contributed by atoms with Crippen LogP contribution in [-0.4, -0.2) is 6.10 Å². The number of benzene rings is 2. The second kappa shape index (κ2) is 10.3. The predicted octanol–water partition coefficient (Wildman–Crippen LogP) is 7.25. The molecule has 4 heteroatoms. The third kappa shape index (κ3) is 5.42. The molecule has 2 aromatic carbocycles. The van der Waals surface area contributed by atoms with Crippen molar-refractivity contribution in [2.24, 2.45) is 0 Å². The highest BCUT2D eigenvalue weighted by atomic mass is 19.2. The lowest BCUT2D eigenvalue weighted by Gasteiger charge is -2.29. The van der Waals surface area contributed by atoms with Gasteiger partial charge in [0.1, 0.15) is 5.82 Å². The molecule has 0 amide bonds. The molecule has 158 valence electrons. The number of aryl methyl sites for hydroxylation is 2. The molecule has 1 fully saturated rings. The summed E-state index contributed by atoms with van der Waals surface area (Å²) in [6.07, 6.45) is 6.32. The normalized spacial score (nSPS) is 19.5. The molecule has 0 bridgehead atoms. The molecule has 0 aromatic heterocycles. The number of halogens is 3. The van der Waals surface area contributed by atoms with Gasteiger partial charge in [-0.25, -0.2) is 13.2 Å². The standard InChI is InChI=1S/C25H31F3O/c1-3-5-6-20-11-14-22(25(28)24(20)27)19-9-12-21(13-10-19)29-16-17-7-8-18(4-2)23(26)15-17/h7-8,11,14-15,19,21H,3-6,9-10,12-13,16H2,1-2H3. The van der Waals surface area contributed by atoms with Gasteiger partial charge in [0, 0.05) is 0 Å². The highest BCUT2D eigenvalue weighted by Gasteiger charge is 2.26. The van der Waals surface area contributed by atoms with E-state index < -0.39 is 11.6 Å². The molecular weight excluding hydrogens is 373 g/mol. The molecule has 2 aromatic rings. The summed E-state index contributed by atoms with van der Waals surface area (Å²) in [4.78, 5) is 0. The van der Waals surface area contributed by atoms with Crippen LogP contribution in [0.1, 0.15) is 80.5 Å². The first-order chi connectivity index (χ1) is 14.0. The summed E-state index contributed by atoms with van der Waals surface area (Å²) in [7, 11) is 0. The van der Waals surface area contributed by atoms with Gasteiger partial charge in [-0.3, -0.25) is 0 Å². The molecule has 1 saturated carbocycles. The molecule has 29 heavy (non-hydrogen) atoms. The van der Waals surface area contributed by atoms with Crippen molar-refractivity contribution in [3.63, 3.8) is 0 Å². The van der Waals surface area contributed by atoms with E-state index in [-0.39, 0.29) is 17.8 Å². The second-order valence-electron chi connectivity index (χ2n) is 8.11. The molecule has 0 spiro atoms. The van der Waals surface area contributed by atoms with Crippen LogP contribution in [0.3, 0.4) is 0 Å². The zero-order chi connectivity index (χ0) is 20.8. The molecule has 1 aliphatic carbocycles. The van der Waals surface area contributed by atoms with Gasteiger partial charge >= 0.3 is 0 Å². The van der Waals surface area contributed by atoms with Crippen LogP contribution >= 0.6 is 0 Å². The average molecular weight is 405 g/mol. The summed E-state index contributed by atoms with van der Waals surface area (Å²) in [6, 6.07) is 8.79. The topological polar surface area (TPSA) is 9.23 Å². The largest absolute Gasteiger partial charge is 0.374 e. The molecule has 0 atom stereocenters. The van der Waals surface area contributed by atoms with Gasteiger partial charge in [0.25, 0.3) is 0 Å². The first-order valence-electron chi connectivity index (χ1n) is 10.9. The van der Waals surface area contributed by atoms with Gasteiger partial charge in [-0.15, -0.1) is 0 Å². The van der Waals surface area contributed by atoms with Crippen LogP contribution in [0.25, 0.3) is 0 Å². The number of rotatable bonds is 8. The fourth-order valence-electron chi connectivity index (χ4n) is 4.20. The van der Waals surface area contributed by atoms with Gasteiger partial charge in [0.2, 0.25) is 0 Å². The lowest BCUT2D eigenvalue weighted by atomic mass is 9.82. The molecule has 0 heterocycles. The first-order valence-corrected chi connectivity index (χ1v) is 10.9. The molecule has 0 aliphatic heterocycles. The van der Waals surface area contributed by atoms with Gasteiger partial charge in [-0.2, -0.15) is 0 Å². The van der Waals surface area contributed by atoms with E-state index >= 15 is 0 Å². The summed E-state index contributed by atoms with van der Waals surface area (Å²) in [5.41, 5.74) is 2.52. The van der Waals surface area contributed by atoms with Crippen molar-refractivity contribution < 1.29 is 17.9 Å². The van der Waals surface area contributed by atoms with Gasteiger partial charge in [-0.1, -0.05) is 44.5 Å². The van der Waals surface area contributed by atoms with E-state index in [1.165, 1.54) is 0 Å². The van der Waals surface area contributed by atoms with E-state index in [9.17, 15) is 13.2 Å². The SMILES string of the molecule is CCCCc1ccc(C2CCC(OCc3ccc(CC)c(F)c3)CC2)c(F)c1F. The number of hydrogen-bond donors (Lipinski definition) is 0. The molecular formula is C25H31F3O. The monoisotopic (exact) mass is 404 g/mol. The van der Waals surface area contributed by atoms with E-state index in [1.54, 1.807) is 18.2 Å². The zero-order valence-corrected chi connectivity index (χ0v) is 17.4. The van der Waals surface area contributed by atoms with Crippen LogP contribution in [0.4, 0.5) is 13.2 Å². The minimum Gasteiger partial charge on any atom is -0.374 e. The minimum absolute atomic E-state index is 0.0332. The minimum atomic E-state index is -0.674. The summed E-state index contributed by atoms with van der Waals surface area (Å²) < 4.78 is 48.8. The summed E-state index contributed by atoms with van der Waals surface area (Å²) in [6.45, 7) is 4.35. The molecule has 1 aliphatic rings. The molecule has 0 unspecified atom stereocenters. The molecule has 0 N–H and O–H groups in total. The van der Waals surface area contributed by atoms with Crippen LogP contribution in [0.15, 0.2) is 30.3 Å². The fourth-order valence-corrected chi connectivity index (χ4v) is 4.20. The predicted molar refractivity (Wildman–Crippen MR) is 111 cm³/mol. The maximum atomic E-state index is 14.6. The Kier molecular flexibility index (Phi) is 7.77. The average Bonchev–Trinajstić information content (AvgIpc) is 2.74. The molecule has 0 radical (unpaired) electrons. The molecule has 1 nitrogen and oxygen atoms in total. The van der Waals surface area contributed by atoms with Gasteiger partial charge < -0.3 is 4.74 Å². The maximum Gasteiger partial charge on any atom is 0.162 e. The van der Waals surface area contributed by atoms with Gasteiger partial charge in [-0.05, 0) is 79.2 Å². The van der Waals surface area contributed by atoms with E-state index in [0.29, 0.717) is 36.1 Å². The Labute approximate surface area is 172 Å². The van der Waals surface area contributed by atoms with Gasteiger partial charge in [0.05, 0.1) is 12.7 Å². The lowest BCUT2D eigenvalue weighted by Crippen LogP contribution is -2.21. The maximum absolute atomic E-state index is 14.6. The Bertz CT molecular complexity index is 810. The summed E-state index contributed by atoms with van der Waals surface area (Å²) in [5.74, 6) is -1.50. The third-order valence-corrected chi connectivity index (χ3v) is 6.09. The van der Waals surface area contributed by atoms with Crippen molar-refractivity contribution in [2.45, 2.75) is 83.8 Å². The highest BCUT2D eigenvalue weighted by Crippen LogP contribution is 2.36. The van der Waals surface area contributed by atoms with Crippen LogP contribution in [0.2, 0.25) is 0 Å². The van der Waals surface area contributed by atoms with Gasteiger partial charge in [0.15, 0.2) is 11.6 Å². The van der Waals surface area contributed by atoms with E-state index in [4.69, 9.17) is 4.74 Å². The highest BCUT2D eigenvalue weighted by molar-refractivity contribution is 5.29. The van der Waals surface area contributed by atoms with Crippen LogP contribution in [-0.2, 0) is 24.2 Å². The Hall–Kier alpha value is -1.81. The Morgan fingerprint density at radius 3 is 2.28 bits per heavy atom. The summed E-state index contributed by atoms with van der Waals surface area (Å²) in [5, 5.41) is 0. The first kappa shape index (κ1) is 21.9. The molecule has 0 saturated heterocycles. The Balaban J connectivity index is 1.54. The van der Waals surface area contributed by atoms with Crippen LogP contribution in [0.5, 0.6) is 0 Å². The Morgan fingerprint density at radius 1 is 0.897 bits per heavy atom. The van der Waals surface area contributed by atoms with Crippen molar-refractivity contribution in [2.75, 3.05) is 0 Å². The van der Waals surface area contributed by atoms with E-state index in [1.807, 2.05) is 26.0 Å². The van der Waals surface area contributed by atoms with Crippen LogP contribution in [0, 0.1) is 17.5 Å². The third-order valence-electron chi connectivity index (χ3n) is 6.09. The molecule has 3 rings (SSSR count). The lowest BCUT2D eigenvalue weighted by molar-refractivity contribution is 0.0130. The number of unbranched alkanes of at least 4 members (excludes halogenated alkanes) is 1. The van der Waals surface area contributed by atoms with E-state index in [0.717, 1.165) is 44.1 Å². The van der Waals surface area contributed by atoms with Crippen LogP contribution < -0.4 is 0 Å². The van der Waals surface area contributed by atoms with Crippen molar-refractivity contribution in [3.05, 3.63) is 70.0 Å². The Morgan fingerprint density at radius 2 is 1.62 bits per heavy atom. The smallest absolute Gasteiger partial charge is 0.162 e. The quantitative estimate of drug-likeness (QED) is 0.450. The number of ether oxygens (including phenoxy) is 1. The fraction of sp³-hybridized carbons (Fsp3) is 0.520. The summed E-state index contributed by atoms with van der Waals surface area (Å²) >= 11 is 0. The van der Waals surface area contributed by atoms with Crippen molar-refractivity contribution in [1.29, 1.82) is 0 Å².